The van der Waals surface area contributed by atoms with Crippen LogP contribution in [-0.4, -0.2) is 29.2 Å². The number of hydrogen-bond donors (Lipinski definition) is 3. The minimum absolute atomic E-state index is 0.0356. The number of hydrogen-bond acceptors (Lipinski definition) is 3. The first-order valence-corrected chi connectivity index (χ1v) is 6.78. The normalized spacial score (nSPS) is 42.4. The van der Waals surface area contributed by atoms with E-state index in [0.29, 0.717) is 0 Å². The van der Waals surface area contributed by atoms with Crippen molar-refractivity contribution in [1.82, 2.24) is 5.32 Å². The van der Waals surface area contributed by atoms with Gasteiger partial charge in [0.2, 0.25) is 5.91 Å². The molecular weight excluding hydrogens is 216 g/mol. The van der Waals surface area contributed by atoms with Crippen LogP contribution in [-0.2, 0) is 4.79 Å². The molecule has 4 heteroatoms. The number of aliphatic hydroxyl groups excluding tert-OH is 1. The number of aliphatic hydroxyl groups is 1. The summed E-state index contributed by atoms with van der Waals surface area (Å²) in [6.07, 6.45) is 6.27. The van der Waals surface area contributed by atoms with Crippen LogP contribution in [0, 0.1) is 5.41 Å². The third-order valence-electron chi connectivity index (χ3n) is 4.59. The zero-order chi connectivity index (χ0) is 12.5. The van der Waals surface area contributed by atoms with Gasteiger partial charge in [0.1, 0.15) is 0 Å². The zero-order valence-corrected chi connectivity index (χ0v) is 10.6. The van der Waals surface area contributed by atoms with Gasteiger partial charge in [-0.05, 0) is 32.6 Å². The van der Waals surface area contributed by atoms with E-state index in [9.17, 15) is 9.90 Å². The maximum Gasteiger partial charge on any atom is 0.227 e. The summed E-state index contributed by atoms with van der Waals surface area (Å²) in [6, 6.07) is -0.107. The van der Waals surface area contributed by atoms with E-state index in [1.165, 1.54) is 0 Å². The van der Waals surface area contributed by atoms with Crippen LogP contribution in [0.15, 0.2) is 0 Å². The molecule has 0 radical (unpaired) electrons. The van der Waals surface area contributed by atoms with Crippen LogP contribution in [0.5, 0.6) is 0 Å². The van der Waals surface area contributed by atoms with Gasteiger partial charge in [0.15, 0.2) is 0 Å². The lowest BCUT2D eigenvalue weighted by molar-refractivity contribution is -0.132. The van der Waals surface area contributed by atoms with Crippen molar-refractivity contribution < 1.29 is 9.90 Å². The van der Waals surface area contributed by atoms with Gasteiger partial charge in [-0.2, -0.15) is 0 Å². The fraction of sp³-hybridized carbons (Fsp3) is 0.923. The van der Waals surface area contributed by atoms with E-state index in [2.05, 4.69) is 5.32 Å². The average Bonchev–Trinajstić information content (AvgIpc) is 2.64. The Balaban J connectivity index is 1.96. The maximum atomic E-state index is 12.3. The van der Waals surface area contributed by atoms with Gasteiger partial charge in [0.05, 0.1) is 17.6 Å². The predicted molar refractivity (Wildman–Crippen MR) is 66.3 cm³/mol. The second-order valence-corrected chi connectivity index (χ2v) is 5.85. The van der Waals surface area contributed by atoms with Gasteiger partial charge < -0.3 is 16.2 Å². The van der Waals surface area contributed by atoms with Crippen LogP contribution in [0.1, 0.15) is 51.9 Å². The van der Waals surface area contributed by atoms with Gasteiger partial charge in [0.25, 0.3) is 0 Å². The fourth-order valence-electron chi connectivity index (χ4n) is 3.09. The number of rotatable bonds is 2. The minimum Gasteiger partial charge on any atom is -0.391 e. The molecule has 0 aromatic carbocycles. The molecule has 0 saturated heterocycles. The van der Waals surface area contributed by atoms with Gasteiger partial charge in [-0.3, -0.25) is 4.79 Å². The molecule has 0 heterocycles. The Kier molecular flexibility index (Phi) is 3.73. The molecule has 98 valence electrons. The van der Waals surface area contributed by atoms with Crippen molar-refractivity contribution in [3.05, 3.63) is 0 Å². The SMILES string of the molecule is CC1(C(=O)NC2CCCCC2O)CCCC1N. The molecule has 2 aliphatic carbocycles. The minimum atomic E-state index is -0.433. The zero-order valence-electron chi connectivity index (χ0n) is 10.6. The first kappa shape index (κ1) is 12.8. The molecular formula is C13H24N2O2. The van der Waals surface area contributed by atoms with E-state index in [0.717, 1.165) is 44.9 Å². The predicted octanol–water partition coefficient (Wildman–Crippen LogP) is 0.924. The standard InChI is InChI=1S/C13H24N2O2/c1-13(8-4-7-11(13)14)12(17)15-9-5-2-3-6-10(9)16/h9-11,16H,2-8,14H2,1H3,(H,15,17). The largest absolute Gasteiger partial charge is 0.391 e. The van der Waals surface area contributed by atoms with Crippen LogP contribution < -0.4 is 11.1 Å². The van der Waals surface area contributed by atoms with Crippen molar-refractivity contribution in [3.8, 4) is 0 Å². The van der Waals surface area contributed by atoms with Crippen molar-refractivity contribution in [1.29, 1.82) is 0 Å². The first-order chi connectivity index (χ1) is 8.04. The van der Waals surface area contributed by atoms with Gasteiger partial charge in [0, 0.05) is 6.04 Å². The molecule has 4 unspecified atom stereocenters. The molecule has 4 nitrogen and oxygen atoms in total. The number of nitrogens with one attached hydrogen (secondary N) is 1. The Labute approximate surface area is 103 Å². The summed E-state index contributed by atoms with van der Waals surface area (Å²) < 4.78 is 0. The van der Waals surface area contributed by atoms with E-state index in [1.54, 1.807) is 0 Å². The summed E-state index contributed by atoms with van der Waals surface area (Å²) >= 11 is 0. The van der Waals surface area contributed by atoms with E-state index in [-0.39, 0.29) is 24.1 Å². The lowest BCUT2D eigenvalue weighted by atomic mass is 9.83. The molecule has 0 aromatic rings. The highest BCUT2D eigenvalue weighted by molar-refractivity contribution is 5.83. The summed E-state index contributed by atoms with van der Waals surface area (Å²) in [4.78, 5) is 12.3. The third-order valence-corrected chi connectivity index (χ3v) is 4.59. The number of amides is 1. The highest BCUT2D eigenvalue weighted by atomic mass is 16.3. The smallest absolute Gasteiger partial charge is 0.227 e. The van der Waals surface area contributed by atoms with Gasteiger partial charge in [-0.15, -0.1) is 0 Å². The van der Waals surface area contributed by atoms with Gasteiger partial charge >= 0.3 is 0 Å². The highest BCUT2D eigenvalue weighted by Gasteiger charge is 2.44. The third kappa shape index (κ3) is 2.47. The lowest BCUT2D eigenvalue weighted by Crippen LogP contribution is -2.53. The lowest BCUT2D eigenvalue weighted by Gasteiger charge is -2.34. The topological polar surface area (TPSA) is 75.3 Å². The Morgan fingerprint density at radius 3 is 2.59 bits per heavy atom. The Hall–Kier alpha value is -0.610. The Morgan fingerprint density at radius 2 is 2.00 bits per heavy atom. The fourth-order valence-corrected chi connectivity index (χ4v) is 3.09. The quantitative estimate of drug-likeness (QED) is 0.672. The molecule has 2 rings (SSSR count). The van der Waals surface area contributed by atoms with Crippen LogP contribution in [0.3, 0.4) is 0 Å². The highest BCUT2D eigenvalue weighted by Crippen LogP contribution is 2.37. The molecule has 2 fully saturated rings. The number of nitrogens with two attached hydrogens (primary N) is 1. The molecule has 0 aromatic heterocycles. The van der Waals surface area contributed by atoms with E-state index in [1.807, 2.05) is 6.92 Å². The van der Waals surface area contributed by atoms with E-state index in [4.69, 9.17) is 5.73 Å². The van der Waals surface area contributed by atoms with Crippen molar-refractivity contribution in [3.63, 3.8) is 0 Å². The maximum absolute atomic E-state index is 12.3. The van der Waals surface area contributed by atoms with E-state index >= 15 is 0 Å². The Bertz CT molecular complexity index is 295. The second-order valence-electron chi connectivity index (χ2n) is 5.85. The summed E-state index contributed by atoms with van der Waals surface area (Å²) in [7, 11) is 0. The molecule has 1 amide bonds. The van der Waals surface area contributed by atoms with Gasteiger partial charge in [-0.1, -0.05) is 19.3 Å². The van der Waals surface area contributed by atoms with Crippen molar-refractivity contribution >= 4 is 5.91 Å². The summed E-state index contributed by atoms with van der Waals surface area (Å²) in [5.74, 6) is 0.0356. The van der Waals surface area contributed by atoms with Gasteiger partial charge in [-0.25, -0.2) is 0 Å². The first-order valence-electron chi connectivity index (χ1n) is 6.78. The van der Waals surface area contributed by atoms with E-state index < -0.39 is 5.41 Å². The summed E-state index contributed by atoms with van der Waals surface area (Å²) in [6.45, 7) is 1.95. The van der Waals surface area contributed by atoms with Crippen LogP contribution in [0.2, 0.25) is 0 Å². The summed E-state index contributed by atoms with van der Waals surface area (Å²) in [5.41, 5.74) is 5.60. The van der Waals surface area contributed by atoms with Crippen molar-refractivity contribution in [2.24, 2.45) is 11.1 Å². The molecule has 0 aliphatic heterocycles. The molecule has 2 aliphatic rings. The van der Waals surface area contributed by atoms with Crippen LogP contribution >= 0.6 is 0 Å². The molecule has 4 atom stereocenters. The number of carbonyl (C=O) groups is 1. The second kappa shape index (κ2) is 4.94. The average molecular weight is 240 g/mol. The summed E-state index contributed by atoms with van der Waals surface area (Å²) in [5, 5.41) is 12.9. The molecule has 4 N–H and O–H groups in total. The van der Waals surface area contributed by atoms with Crippen molar-refractivity contribution in [2.45, 2.75) is 70.1 Å². The molecule has 0 bridgehead atoms. The molecule has 0 spiro atoms. The number of carbonyl (C=O) groups excluding carboxylic acids is 1. The van der Waals surface area contributed by atoms with Crippen LogP contribution in [0.25, 0.3) is 0 Å². The molecule has 17 heavy (non-hydrogen) atoms. The Morgan fingerprint density at radius 1 is 1.29 bits per heavy atom. The van der Waals surface area contributed by atoms with Crippen LogP contribution in [0.4, 0.5) is 0 Å². The monoisotopic (exact) mass is 240 g/mol. The molecule has 2 saturated carbocycles. The van der Waals surface area contributed by atoms with Crippen molar-refractivity contribution in [2.75, 3.05) is 0 Å².